The summed E-state index contributed by atoms with van der Waals surface area (Å²) in [6.07, 6.45) is 4.83. The SMILES string of the molecule is CCC1NC(CC(C)C)C(=O)N1CC1CCCS1. The minimum atomic E-state index is 0.0568. The first-order valence-electron chi connectivity index (χ1n) is 7.30. The van der Waals surface area contributed by atoms with Crippen LogP contribution in [0.25, 0.3) is 0 Å². The molecule has 0 aliphatic carbocycles. The van der Waals surface area contributed by atoms with E-state index in [2.05, 4.69) is 31.0 Å². The molecule has 2 aliphatic rings. The molecule has 0 aromatic rings. The van der Waals surface area contributed by atoms with Gasteiger partial charge in [0.25, 0.3) is 0 Å². The summed E-state index contributed by atoms with van der Waals surface area (Å²) in [5, 5.41) is 4.18. The molecule has 1 N–H and O–H groups in total. The van der Waals surface area contributed by atoms with E-state index in [4.69, 9.17) is 0 Å². The topological polar surface area (TPSA) is 32.3 Å². The van der Waals surface area contributed by atoms with Crippen molar-refractivity contribution in [2.75, 3.05) is 12.3 Å². The Kier molecular flexibility index (Phi) is 4.96. The zero-order valence-corrected chi connectivity index (χ0v) is 12.6. The van der Waals surface area contributed by atoms with Crippen LogP contribution in [-0.2, 0) is 4.79 Å². The lowest BCUT2D eigenvalue weighted by Gasteiger charge is -2.25. The second kappa shape index (κ2) is 6.29. The van der Waals surface area contributed by atoms with E-state index in [9.17, 15) is 4.79 Å². The molecule has 2 heterocycles. The summed E-state index contributed by atoms with van der Waals surface area (Å²) in [7, 11) is 0. The van der Waals surface area contributed by atoms with Gasteiger partial charge in [-0.05, 0) is 37.4 Å². The third-order valence-electron chi connectivity index (χ3n) is 3.87. The number of rotatable bonds is 5. The van der Waals surface area contributed by atoms with Crippen LogP contribution in [-0.4, -0.2) is 40.6 Å². The minimum absolute atomic E-state index is 0.0568. The van der Waals surface area contributed by atoms with Crippen molar-refractivity contribution in [3.63, 3.8) is 0 Å². The molecule has 0 bridgehead atoms. The van der Waals surface area contributed by atoms with E-state index in [0.717, 1.165) is 19.4 Å². The molecule has 0 saturated carbocycles. The smallest absolute Gasteiger partial charge is 0.241 e. The fourth-order valence-electron chi connectivity index (χ4n) is 2.95. The largest absolute Gasteiger partial charge is 0.325 e. The highest BCUT2D eigenvalue weighted by Gasteiger charge is 2.39. The molecule has 2 saturated heterocycles. The van der Waals surface area contributed by atoms with E-state index in [1.54, 1.807) is 0 Å². The van der Waals surface area contributed by atoms with Crippen molar-refractivity contribution in [3.8, 4) is 0 Å². The summed E-state index contributed by atoms with van der Waals surface area (Å²) in [5.74, 6) is 2.18. The van der Waals surface area contributed by atoms with Crippen LogP contribution in [0.15, 0.2) is 0 Å². The van der Waals surface area contributed by atoms with Crippen molar-refractivity contribution in [2.45, 2.75) is 63.9 Å². The van der Waals surface area contributed by atoms with E-state index in [0.29, 0.717) is 17.1 Å². The molecule has 0 spiro atoms. The number of carbonyl (C=O) groups is 1. The molecule has 18 heavy (non-hydrogen) atoms. The Balaban J connectivity index is 1.96. The number of thioether (sulfide) groups is 1. The first kappa shape index (κ1) is 14.2. The Labute approximate surface area is 115 Å². The number of hydrogen-bond donors (Lipinski definition) is 1. The van der Waals surface area contributed by atoms with Crippen molar-refractivity contribution in [1.82, 2.24) is 10.2 Å². The van der Waals surface area contributed by atoms with E-state index in [-0.39, 0.29) is 12.2 Å². The maximum absolute atomic E-state index is 12.5. The van der Waals surface area contributed by atoms with Crippen molar-refractivity contribution in [2.24, 2.45) is 5.92 Å². The maximum Gasteiger partial charge on any atom is 0.241 e. The Hall–Kier alpha value is -0.220. The maximum atomic E-state index is 12.5. The van der Waals surface area contributed by atoms with Crippen LogP contribution < -0.4 is 5.32 Å². The monoisotopic (exact) mass is 270 g/mol. The molecule has 4 heteroatoms. The Morgan fingerprint density at radius 2 is 2.28 bits per heavy atom. The number of nitrogens with one attached hydrogen (secondary N) is 1. The second-order valence-corrected chi connectivity index (χ2v) is 7.31. The number of hydrogen-bond acceptors (Lipinski definition) is 3. The summed E-state index contributed by atoms with van der Waals surface area (Å²) in [5.41, 5.74) is 0. The Morgan fingerprint density at radius 3 is 2.83 bits per heavy atom. The van der Waals surface area contributed by atoms with Gasteiger partial charge in [-0.2, -0.15) is 11.8 Å². The molecule has 3 atom stereocenters. The summed E-state index contributed by atoms with van der Waals surface area (Å²) in [4.78, 5) is 14.6. The van der Waals surface area contributed by atoms with Gasteiger partial charge < -0.3 is 4.90 Å². The summed E-state index contributed by atoms with van der Waals surface area (Å²) in [6.45, 7) is 7.48. The first-order valence-corrected chi connectivity index (χ1v) is 8.34. The highest BCUT2D eigenvalue weighted by atomic mass is 32.2. The van der Waals surface area contributed by atoms with Crippen LogP contribution >= 0.6 is 11.8 Å². The predicted molar refractivity (Wildman–Crippen MR) is 77.7 cm³/mol. The molecule has 104 valence electrons. The predicted octanol–water partition coefficient (Wildman–Crippen LogP) is 2.46. The highest BCUT2D eigenvalue weighted by Crippen LogP contribution is 2.29. The van der Waals surface area contributed by atoms with Crippen LogP contribution in [0, 0.1) is 5.92 Å². The van der Waals surface area contributed by atoms with Gasteiger partial charge >= 0.3 is 0 Å². The van der Waals surface area contributed by atoms with Gasteiger partial charge in [0.05, 0.1) is 12.2 Å². The number of nitrogens with zero attached hydrogens (tertiary/aromatic N) is 1. The molecule has 3 unspecified atom stereocenters. The quantitative estimate of drug-likeness (QED) is 0.833. The number of carbonyl (C=O) groups excluding carboxylic acids is 1. The van der Waals surface area contributed by atoms with Crippen LogP contribution in [0.3, 0.4) is 0 Å². The lowest BCUT2D eigenvalue weighted by molar-refractivity contribution is -0.130. The van der Waals surface area contributed by atoms with Gasteiger partial charge in [-0.15, -0.1) is 0 Å². The fraction of sp³-hybridized carbons (Fsp3) is 0.929. The molecule has 1 amide bonds. The molecule has 0 aromatic carbocycles. The lowest BCUT2D eigenvalue weighted by atomic mass is 10.0. The first-order chi connectivity index (χ1) is 8.61. The third-order valence-corrected chi connectivity index (χ3v) is 5.25. The van der Waals surface area contributed by atoms with Gasteiger partial charge in [-0.1, -0.05) is 20.8 Å². The summed E-state index contributed by atoms with van der Waals surface area (Å²) in [6, 6.07) is 0.0568. The zero-order chi connectivity index (χ0) is 13.1. The van der Waals surface area contributed by atoms with Crippen LogP contribution in [0.5, 0.6) is 0 Å². The standard InChI is InChI=1S/C14H26N2OS/c1-4-13-15-12(8-10(2)3)14(17)16(13)9-11-6-5-7-18-11/h10-13,15H,4-9H2,1-3H3. The zero-order valence-electron chi connectivity index (χ0n) is 11.8. The van der Waals surface area contributed by atoms with Crippen molar-refractivity contribution < 1.29 is 4.79 Å². The molecule has 2 aliphatic heterocycles. The van der Waals surface area contributed by atoms with Gasteiger partial charge in [0.1, 0.15) is 0 Å². The van der Waals surface area contributed by atoms with E-state index < -0.39 is 0 Å². The highest BCUT2D eigenvalue weighted by molar-refractivity contribution is 8.00. The molecule has 0 aromatic heterocycles. The molecular formula is C14H26N2OS. The summed E-state index contributed by atoms with van der Waals surface area (Å²) >= 11 is 2.04. The minimum Gasteiger partial charge on any atom is -0.325 e. The van der Waals surface area contributed by atoms with Gasteiger partial charge in [-0.3, -0.25) is 10.1 Å². The lowest BCUT2D eigenvalue weighted by Crippen LogP contribution is -2.40. The van der Waals surface area contributed by atoms with Crippen LogP contribution in [0.1, 0.15) is 46.5 Å². The Morgan fingerprint density at radius 1 is 1.50 bits per heavy atom. The average Bonchev–Trinajstić information content (AvgIpc) is 2.91. The van der Waals surface area contributed by atoms with Gasteiger partial charge in [0.2, 0.25) is 5.91 Å². The number of amides is 1. The molecule has 2 fully saturated rings. The third kappa shape index (κ3) is 3.21. The molecule has 0 radical (unpaired) electrons. The van der Waals surface area contributed by atoms with Gasteiger partial charge in [-0.25, -0.2) is 0 Å². The summed E-state index contributed by atoms with van der Waals surface area (Å²) < 4.78 is 0. The van der Waals surface area contributed by atoms with Crippen molar-refractivity contribution in [3.05, 3.63) is 0 Å². The molecule has 2 rings (SSSR count). The van der Waals surface area contributed by atoms with Crippen molar-refractivity contribution >= 4 is 17.7 Å². The van der Waals surface area contributed by atoms with Crippen LogP contribution in [0.4, 0.5) is 0 Å². The average molecular weight is 270 g/mol. The Bertz CT molecular complexity index is 290. The van der Waals surface area contributed by atoms with E-state index in [1.807, 2.05) is 11.8 Å². The fourth-order valence-corrected chi connectivity index (χ4v) is 4.22. The molecule has 3 nitrogen and oxygen atoms in total. The van der Waals surface area contributed by atoms with E-state index >= 15 is 0 Å². The van der Waals surface area contributed by atoms with E-state index in [1.165, 1.54) is 18.6 Å². The van der Waals surface area contributed by atoms with Crippen LogP contribution in [0.2, 0.25) is 0 Å². The van der Waals surface area contributed by atoms with Gasteiger partial charge in [0.15, 0.2) is 0 Å². The second-order valence-electron chi connectivity index (χ2n) is 5.90. The van der Waals surface area contributed by atoms with Gasteiger partial charge in [0, 0.05) is 11.8 Å². The van der Waals surface area contributed by atoms with Crippen molar-refractivity contribution in [1.29, 1.82) is 0 Å². The molecular weight excluding hydrogens is 244 g/mol. The normalized spacial score (nSPS) is 32.8.